The number of carbonyl (C=O) groups excluding carboxylic acids is 2. The van der Waals surface area contributed by atoms with Gasteiger partial charge >= 0.3 is 0 Å². The minimum absolute atomic E-state index is 0. The molecule has 12 heteroatoms. The number of halogens is 1. The second kappa shape index (κ2) is 13.9. The van der Waals surface area contributed by atoms with Crippen LogP contribution in [-0.2, 0) is 26.6 Å². The van der Waals surface area contributed by atoms with Crippen LogP contribution >= 0.6 is 12.4 Å². The highest BCUT2D eigenvalue weighted by molar-refractivity contribution is 6.12. The molecule has 50 heavy (non-hydrogen) atoms. The topological polar surface area (TPSA) is 105 Å². The lowest BCUT2D eigenvalue weighted by molar-refractivity contribution is 0.0658. The highest BCUT2D eigenvalue weighted by Gasteiger charge is 2.33. The molecule has 1 N–H and O–H groups in total. The Hall–Kier alpha value is -5.26. The minimum Gasteiger partial charge on any atom is -0.508 e. The Labute approximate surface area is 297 Å². The van der Waals surface area contributed by atoms with E-state index in [0.29, 0.717) is 59.2 Å². The molecule has 11 nitrogen and oxygen atoms in total. The Morgan fingerprint density at radius 3 is 2.34 bits per heavy atom. The van der Waals surface area contributed by atoms with Gasteiger partial charge in [0.2, 0.25) is 6.79 Å². The molecular weight excluding hydrogens is 656 g/mol. The van der Waals surface area contributed by atoms with Crippen molar-refractivity contribution in [1.29, 1.82) is 0 Å². The second-order valence-corrected chi connectivity index (χ2v) is 13.0. The van der Waals surface area contributed by atoms with Crippen LogP contribution in [0.3, 0.4) is 0 Å². The summed E-state index contributed by atoms with van der Waals surface area (Å²) in [5, 5.41) is 14.3. The van der Waals surface area contributed by atoms with Gasteiger partial charge in [0.05, 0.1) is 28.7 Å². The molecule has 2 aliphatic heterocycles. The monoisotopic (exact) mass is 696 g/mol. The van der Waals surface area contributed by atoms with Gasteiger partial charge in [0.25, 0.3) is 11.8 Å². The van der Waals surface area contributed by atoms with E-state index in [1.807, 2.05) is 50.2 Å². The lowest BCUT2D eigenvalue weighted by atomic mass is 9.93. The number of ether oxygens (including phenoxy) is 2. The van der Waals surface area contributed by atoms with Crippen molar-refractivity contribution in [2.24, 2.45) is 7.05 Å². The van der Waals surface area contributed by atoms with Crippen LogP contribution in [0.1, 0.15) is 44.5 Å². The summed E-state index contributed by atoms with van der Waals surface area (Å²) in [6.45, 7) is 5.86. The fourth-order valence-electron chi connectivity index (χ4n) is 6.74. The Morgan fingerprint density at radius 2 is 1.66 bits per heavy atom. The van der Waals surface area contributed by atoms with Crippen LogP contribution in [0.15, 0.2) is 79.1 Å². The number of hydrogen-bond donors (Lipinski definition) is 1. The van der Waals surface area contributed by atoms with Crippen LogP contribution in [0, 0.1) is 6.92 Å². The van der Waals surface area contributed by atoms with Gasteiger partial charge in [-0.15, -0.1) is 12.4 Å². The quantitative estimate of drug-likeness (QED) is 0.207. The molecule has 0 unspecified atom stereocenters. The van der Waals surface area contributed by atoms with Crippen molar-refractivity contribution in [1.82, 2.24) is 24.1 Å². The molecule has 0 saturated heterocycles. The number of fused-ring (bicyclic) bond motifs is 2. The molecule has 3 aromatic carbocycles. The number of amides is 2. The van der Waals surface area contributed by atoms with Gasteiger partial charge in [0.1, 0.15) is 5.75 Å². The maximum absolute atomic E-state index is 14.7. The molecule has 0 bridgehead atoms. The summed E-state index contributed by atoms with van der Waals surface area (Å²) in [4.78, 5) is 34.9. The normalized spacial score (nSPS) is 14.8. The van der Waals surface area contributed by atoms with Crippen molar-refractivity contribution >= 4 is 35.6 Å². The summed E-state index contributed by atoms with van der Waals surface area (Å²) < 4.78 is 15.3. The van der Waals surface area contributed by atoms with Crippen molar-refractivity contribution < 1.29 is 24.2 Å². The van der Waals surface area contributed by atoms with Gasteiger partial charge in [-0.05, 0) is 88.0 Å². The molecule has 0 radical (unpaired) electrons. The average Bonchev–Trinajstić information content (AvgIpc) is 3.81. The number of aromatic hydroxyl groups is 1. The fraction of sp³-hybridized carbons (Fsp3) is 0.289. The van der Waals surface area contributed by atoms with E-state index in [1.165, 1.54) is 5.56 Å². The molecule has 5 aromatic rings. The molecule has 0 spiro atoms. The summed E-state index contributed by atoms with van der Waals surface area (Å²) in [6, 6.07) is 20.3. The number of anilines is 2. The molecule has 2 aromatic heterocycles. The van der Waals surface area contributed by atoms with Crippen molar-refractivity contribution in [2.75, 3.05) is 32.3 Å². The molecule has 1 atom stereocenters. The van der Waals surface area contributed by atoms with Crippen molar-refractivity contribution in [3.05, 3.63) is 107 Å². The van der Waals surface area contributed by atoms with Crippen LogP contribution in [0.25, 0.3) is 11.3 Å². The maximum Gasteiger partial charge on any atom is 0.264 e. The van der Waals surface area contributed by atoms with Crippen LogP contribution in [0.2, 0.25) is 0 Å². The highest BCUT2D eigenvalue weighted by Crippen LogP contribution is 2.42. The van der Waals surface area contributed by atoms with E-state index in [4.69, 9.17) is 9.47 Å². The number of aryl methyl sites for hydroxylation is 1. The van der Waals surface area contributed by atoms with Crippen LogP contribution in [-0.4, -0.2) is 74.5 Å². The smallest absolute Gasteiger partial charge is 0.264 e. The number of hydrogen-bond acceptors (Lipinski definition) is 7. The summed E-state index contributed by atoms with van der Waals surface area (Å²) in [5.41, 5.74) is 6.67. The summed E-state index contributed by atoms with van der Waals surface area (Å²) in [7, 11) is 5.80. The number of likely N-dealkylation sites (N-methyl/N-ethyl adjacent to an activating group) is 1. The van der Waals surface area contributed by atoms with Gasteiger partial charge < -0.3 is 28.9 Å². The maximum atomic E-state index is 14.7. The van der Waals surface area contributed by atoms with Crippen molar-refractivity contribution in [3.63, 3.8) is 0 Å². The van der Waals surface area contributed by atoms with Gasteiger partial charge in [0.15, 0.2) is 11.5 Å². The first-order valence-corrected chi connectivity index (χ1v) is 16.4. The van der Waals surface area contributed by atoms with E-state index in [-0.39, 0.29) is 42.8 Å². The molecule has 260 valence electrons. The van der Waals surface area contributed by atoms with Gasteiger partial charge in [-0.25, -0.2) is 0 Å². The lowest BCUT2D eigenvalue weighted by Gasteiger charge is -2.35. The standard InChI is InChI=1S/C38H40N6O5.ClH/c1-24-16-26-8-6-7-9-27(26)21-43(24)37(46)33-19-36-35(48-23-49-36)18-32(33)34-17-31(25(2)42(34)15-14-40(3)4)38(47)44(29-20-39-41(5)22-29)28-10-12-30(45)13-11-28;/h6-13,17-20,22,24,45H,14-16,21,23H2,1-5H3;1H/t24-;/m1./s1. The largest absolute Gasteiger partial charge is 0.508 e. The van der Waals surface area contributed by atoms with E-state index in [9.17, 15) is 14.7 Å². The first-order valence-electron chi connectivity index (χ1n) is 16.4. The lowest BCUT2D eigenvalue weighted by Crippen LogP contribution is -2.42. The van der Waals surface area contributed by atoms with Crippen LogP contribution in [0.5, 0.6) is 17.2 Å². The number of nitrogens with zero attached hydrogens (tertiary/aromatic N) is 6. The molecule has 4 heterocycles. The van der Waals surface area contributed by atoms with Crippen LogP contribution < -0.4 is 14.4 Å². The zero-order chi connectivity index (χ0) is 34.4. The predicted octanol–water partition coefficient (Wildman–Crippen LogP) is 6.18. The number of carbonyl (C=O) groups is 2. The third kappa shape index (κ3) is 6.41. The predicted molar refractivity (Wildman–Crippen MR) is 194 cm³/mol. The molecule has 2 aliphatic rings. The number of aromatic nitrogens is 3. The number of benzene rings is 3. The summed E-state index contributed by atoms with van der Waals surface area (Å²) >= 11 is 0. The third-order valence-corrected chi connectivity index (χ3v) is 9.41. The molecule has 7 rings (SSSR count). The summed E-state index contributed by atoms with van der Waals surface area (Å²) in [5.74, 6) is 0.794. The molecule has 0 saturated carbocycles. The molecule has 2 amide bonds. The number of rotatable bonds is 8. The number of phenols is 1. The zero-order valence-electron chi connectivity index (χ0n) is 28.8. The van der Waals surface area contributed by atoms with E-state index in [2.05, 4.69) is 33.6 Å². The first-order chi connectivity index (χ1) is 23.6. The molecular formula is C38H41ClN6O5. The fourth-order valence-corrected chi connectivity index (χ4v) is 6.74. The average molecular weight is 697 g/mol. The Morgan fingerprint density at radius 1 is 0.960 bits per heavy atom. The van der Waals surface area contributed by atoms with E-state index in [1.54, 1.807) is 59.4 Å². The zero-order valence-corrected chi connectivity index (χ0v) is 29.6. The van der Waals surface area contributed by atoms with Gasteiger partial charge in [0, 0.05) is 55.9 Å². The second-order valence-electron chi connectivity index (χ2n) is 13.0. The Balaban J connectivity index is 0.00000432. The van der Waals surface area contributed by atoms with Crippen molar-refractivity contribution in [2.45, 2.75) is 39.4 Å². The minimum atomic E-state index is -0.268. The van der Waals surface area contributed by atoms with Gasteiger partial charge in [-0.1, -0.05) is 24.3 Å². The number of phenolic OH excluding ortho intramolecular Hbond substituents is 1. The van der Waals surface area contributed by atoms with Crippen molar-refractivity contribution in [3.8, 4) is 28.5 Å². The van der Waals surface area contributed by atoms with E-state index >= 15 is 0 Å². The van der Waals surface area contributed by atoms with E-state index < -0.39 is 0 Å². The summed E-state index contributed by atoms with van der Waals surface area (Å²) in [6.07, 6.45) is 4.17. The Kier molecular flexibility index (Phi) is 9.64. The highest BCUT2D eigenvalue weighted by atomic mass is 35.5. The Bertz CT molecular complexity index is 2050. The van der Waals surface area contributed by atoms with Crippen LogP contribution in [0.4, 0.5) is 11.4 Å². The molecule has 0 aliphatic carbocycles. The van der Waals surface area contributed by atoms with E-state index in [0.717, 1.165) is 23.4 Å². The third-order valence-electron chi connectivity index (χ3n) is 9.41. The molecule has 0 fully saturated rings. The van der Waals surface area contributed by atoms with Gasteiger partial charge in [-0.2, -0.15) is 5.10 Å². The van der Waals surface area contributed by atoms with Gasteiger partial charge in [-0.3, -0.25) is 19.2 Å². The first kappa shape index (κ1) is 34.6. The SMILES string of the molecule is Cc1c(C(=O)N(c2ccc(O)cc2)c2cnn(C)c2)cc(-c2cc3c(cc2C(=O)N2Cc4ccccc4C[C@H]2C)OCO3)n1CCN(C)C.Cl.